The van der Waals surface area contributed by atoms with Crippen molar-refractivity contribution in [2.24, 2.45) is 11.8 Å². The molecule has 2 aromatic heterocycles. The number of furan rings is 1. The summed E-state index contributed by atoms with van der Waals surface area (Å²) < 4.78 is 5.36. The molecule has 3 rings (SSSR count). The van der Waals surface area contributed by atoms with Crippen LogP contribution in [-0.2, 0) is 0 Å². The number of rotatable bonds is 7. The van der Waals surface area contributed by atoms with E-state index in [1.165, 1.54) is 24.9 Å². The van der Waals surface area contributed by atoms with Crippen LogP contribution in [0.2, 0.25) is 0 Å². The van der Waals surface area contributed by atoms with Gasteiger partial charge in [-0.15, -0.1) is 0 Å². The fourth-order valence-electron chi connectivity index (χ4n) is 3.54. The Morgan fingerprint density at radius 2 is 2.26 bits per heavy atom. The Morgan fingerprint density at radius 1 is 1.48 bits per heavy atom. The molecule has 1 saturated carbocycles. The molecule has 0 aromatic carbocycles. The van der Waals surface area contributed by atoms with Gasteiger partial charge in [0.1, 0.15) is 18.2 Å². The predicted molar refractivity (Wildman–Crippen MR) is 100 cm³/mol. The molecule has 27 heavy (non-hydrogen) atoms. The average molecular weight is 371 g/mol. The molecule has 0 amide bonds. The van der Waals surface area contributed by atoms with Crippen LogP contribution in [0.25, 0.3) is 0 Å². The molecule has 1 aliphatic rings. The lowest BCUT2D eigenvalue weighted by atomic mass is 10.00. The maximum atomic E-state index is 12.9. The van der Waals surface area contributed by atoms with E-state index in [9.17, 15) is 15.0 Å². The largest absolute Gasteiger partial charge is 0.460 e. The third kappa shape index (κ3) is 4.09. The van der Waals surface area contributed by atoms with Gasteiger partial charge in [0.05, 0.1) is 11.8 Å². The maximum absolute atomic E-state index is 12.9. The van der Waals surface area contributed by atoms with Gasteiger partial charge >= 0.3 is 0 Å². The number of aromatic nitrogens is 2. The topological polar surface area (TPSA) is 108 Å². The fraction of sp³-hybridized carbons (Fsp3) is 0.450. The Hall–Kier alpha value is -2.51. The molecule has 1 aliphatic carbocycles. The van der Waals surface area contributed by atoms with Gasteiger partial charge in [-0.1, -0.05) is 13.5 Å². The predicted octanol–water partition coefficient (Wildman–Crippen LogP) is 2.73. The number of nitrogens with zero attached hydrogens (tertiary/aromatic N) is 2. The number of nitrogens with one attached hydrogen (secondary N) is 1. The Balaban J connectivity index is 1.79. The van der Waals surface area contributed by atoms with Gasteiger partial charge in [-0.3, -0.25) is 4.79 Å². The van der Waals surface area contributed by atoms with Crippen LogP contribution in [0.4, 0.5) is 5.82 Å². The van der Waals surface area contributed by atoms with E-state index in [1.54, 1.807) is 6.92 Å². The molecule has 1 fully saturated rings. The maximum Gasteiger partial charge on any atom is 0.233 e. The molecule has 0 radical (unpaired) electrons. The Morgan fingerprint density at radius 3 is 2.93 bits per heavy atom. The molecule has 0 spiro atoms. The van der Waals surface area contributed by atoms with Crippen molar-refractivity contribution in [2.45, 2.75) is 38.8 Å². The second-order valence-corrected chi connectivity index (χ2v) is 7.34. The molecular formula is C20H25N3O4. The second-order valence-electron chi connectivity index (χ2n) is 7.34. The number of aliphatic hydroxyl groups is 2. The van der Waals surface area contributed by atoms with E-state index in [0.29, 0.717) is 28.4 Å². The zero-order valence-corrected chi connectivity index (χ0v) is 15.6. The van der Waals surface area contributed by atoms with E-state index < -0.39 is 6.10 Å². The minimum atomic E-state index is -0.879. The lowest BCUT2D eigenvalue weighted by molar-refractivity contribution is 0.101. The fourth-order valence-corrected chi connectivity index (χ4v) is 3.54. The number of anilines is 1. The van der Waals surface area contributed by atoms with E-state index in [1.807, 2.05) is 0 Å². The molecule has 144 valence electrons. The van der Waals surface area contributed by atoms with Gasteiger partial charge in [0.15, 0.2) is 5.76 Å². The summed E-state index contributed by atoms with van der Waals surface area (Å²) in [5.74, 6) is 0.855. The molecule has 3 N–H and O–H groups in total. The number of carbonyl (C=O) groups is 1. The van der Waals surface area contributed by atoms with Crippen LogP contribution >= 0.6 is 0 Å². The van der Waals surface area contributed by atoms with Crippen LogP contribution in [0.15, 0.2) is 41.4 Å². The Bertz CT molecular complexity index is 832. The van der Waals surface area contributed by atoms with E-state index in [4.69, 9.17) is 4.42 Å². The average Bonchev–Trinajstić information content (AvgIpc) is 3.27. The number of aliphatic hydroxyl groups excluding tert-OH is 2. The quantitative estimate of drug-likeness (QED) is 0.507. The first-order valence-corrected chi connectivity index (χ1v) is 9.04. The van der Waals surface area contributed by atoms with Crippen molar-refractivity contribution >= 4 is 11.6 Å². The van der Waals surface area contributed by atoms with Crippen molar-refractivity contribution in [3.05, 3.63) is 53.9 Å². The molecule has 0 saturated heterocycles. The van der Waals surface area contributed by atoms with Crippen molar-refractivity contribution < 1.29 is 19.4 Å². The summed E-state index contributed by atoms with van der Waals surface area (Å²) in [5.41, 5.74) is 1.35. The molecule has 0 bridgehead atoms. The summed E-state index contributed by atoms with van der Waals surface area (Å²) in [6.45, 7) is 7.69. The van der Waals surface area contributed by atoms with Crippen LogP contribution in [0.5, 0.6) is 0 Å². The van der Waals surface area contributed by atoms with Crippen LogP contribution in [0.1, 0.15) is 54.5 Å². The van der Waals surface area contributed by atoms with Gasteiger partial charge in [-0.05, 0) is 43.2 Å². The first-order chi connectivity index (χ1) is 12.9. The molecule has 7 nitrogen and oxygen atoms in total. The Labute approximate surface area is 158 Å². The monoisotopic (exact) mass is 371 g/mol. The summed E-state index contributed by atoms with van der Waals surface area (Å²) in [6.07, 6.45) is 5.05. The van der Waals surface area contributed by atoms with Gasteiger partial charge in [0.2, 0.25) is 5.78 Å². The van der Waals surface area contributed by atoms with Crippen LogP contribution in [0, 0.1) is 11.8 Å². The van der Waals surface area contributed by atoms with E-state index in [2.05, 4.69) is 28.8 Å². The molecule has 0 aliphatic heterocycles. The van der Waals surface area contributed by atoms with Crippen LogP contribution in [-0.4, -0.2) is 38.6 Å². The highest BCUT2D eigenvalue weighted by Crippen LogP contribution is 2.33. The first-order valence-electron chi connectivity index (χ1n) is 9.04. The van der Waals surface area contributed by atoms with Gasteiger partial charge in [-0.2, -0.15) is 0 Å². The van der Waals surface area contributed by atoms with E-state index in [0.717, 1.165) is 12.8 Å². The van der Waals surface area contributed by atoms with Crippen molar-refractivity contribution in [1.82, 2.24) is 9.97 Å². The molecule has 7 heteroatoms. The summed E-state index contributed by atoms with van der Waals surface area (Å²) in [6, 6.07) is 1.65. The molecule has 2 aromatic rings. The number of hydrogen-bond donors (Lipinski definition) is 3. The summed E-state index contributed by atoms with van der Waals surface area (Å²) in [4.78, 5) is 21.1. The highest BCUT2D eigenvalue weighted by Gasteiger charge is 2.32. The standard InChI is InChI=1S/C20H25N3O4/c1-11(2)18(25)14-6-17(27-9-14)19(26)16-7-21-10-22-20(16)23-15-4-12(3)13(5-15)8-24/h6-7,9-10,12-13,15,18,24-25H,1,4-5,8H2,2-3H3,(H,21,22,23)/t12-,13+,15-,18?/m0/s1. The normalized spacial score (nSPS) is 23.2. The first kappa shape index (κ1) is 19.3. The number of carbonyl (C=O) groups excluding carboxylic acids is 1. The minimum absolute atomic E-state index is 0.108. The summed E-state index contributed by atoms with van der Waals surface area (Å²) in [7, 11) is 0. The summed E-state index contributed by atoms with van der Waals surface area (Å²) in [5, 5.41) is 22.8. The lowest BCUT2D eigenvalue weighted by Crippen LogP contribution is -2.20. The van der Waals surface area contributed by atoms with Crippen molar-refractivity contribution in [1.29, 1.82) is 0 Å². The minimum Gasteiger partial charge on any atom is -0.460 e. The molecule has 2 heterocycles. The molecule has 4 atom stereocenters. The van der Waals surface area contributed by atoms with Gasteiger partial charge in [0.25, 0.3) is 0 Å². The van der Waals surface area contributed by atoms with Crippen molar-refractivity contribution in [3.63, 3.8) is 0 Å². The smallest absolute Gasteiger partial charge is 0.233 e. The van der Waals surface area contributed by atoms with Crippen LogP contribution < -0.4 is 5.32 Å². The van der Waals surface area contributed by atoms with E-state index in [-0.39, 0.29) is 30.1 Å². The Kier molecular flexibility index (Phi) is 5.72. The number of ketones is 1. The second kappa shape index (κ2) is 8.02. The highest BCUT2D eigenvalue weighted by atomic mass is 16.3. The van der Waals surface area contributed by atoms with E-state index >= 15 is 0 Å². The van der Waals surface area contributed by atoms with Crippen LogP contribution in [0.3, 0.4) is 0 Å². The van der Waals surface area contributed by atoms with Gasteiger partial charge in [-0.25, -0.2) is 9.97 Å². The molecule has 1 unspecified atom stereocenters. The zero-order chi connectivity index (χ0) is 19.6. The van der Waals surface area contributed by atoms with Crippen molar-refractivity contribution in [2.75, 3.05) is 11.9 Å². The molecular weight excluding hydrogens is 346 g/mol. The lowest BCUT2D eigenvalue weighted by Gasteiger charge is -2.15. The SMILES string of the molecule is C=C(C)C(O)c1coc(C(=O)c2cncnc2N[C@@H]2C[C@H](CO)[C@@H](C)C2)c1. The van der Waals surface area contributed by atoms with Gasteiger partial charge in [0, 0.05) is 24.4 Å². The zero-order valence-electron chi connectivity index (χ0n) is 15.6. The summed E-state index contributed by atoms with van der Waals surface area (Å²) >= 11 is 0. The van der Waals surface area contributed by atoms with Crippen molar-refractivity contribution in [3.8, 4) is 0 Å². The third-order valence-corrected chi connectivity index (χ3v) is 5.21. The highest BCUT2D eigenvalue weighted by molar-refractivity contribution is 6.10. The van der Waals surface area contributed by atoms with Gasteiger partial charge < -0.3 is 19.9 Å². The number of hydrogen-bond acceptors (Lipinski definition) is 7. The third-order valence-electron chi connectivity index (χ3n) is 5.21.